The Hall–Kier alpha value is -2.41. The van der Waals surface area contributed by atoms with Gasteiger partial charge in [-0.1, -0.05) is 23.7 Å². The normalized spacial score (nSPS) is 16.2. The van der Waals surface area contributed by atoms with Gasteiger partial charge in [0, 0.05) is 18.1 Å². The number of hydrogen-bond acceptors (Lipinski definition) is 5. The van der Waals surface area contributed by atoms with Gasteiger partial charge < -0.3 is 14.6 Å². The van der Waals surface area contributed by atoms with E-state index >= 15 is 0 Å². The number of halogens is 1. The zero-order chi connectivity index (χ0) is 17.8. The monoisotopic (exact) mass is 362 g/mol. The third kappa shape index (κ3) is 3.82. The summed E-state index contributed by atoms with van der Waals surface area (Å²) in [6.07, 6.45) is 1.43. The molecule has 2 aromatic rings. The minimum Gasteiger partial charge on any atom is -0.465 e. The van der Waals surface area contributed by atoms with Crippen molar-refractivity contribution < 1.29 is 14.3 Å². The van der Waals surface area contributed by atoms with Gasteiger partial charge in [-0.3, -0.25) is 9.59 Å². The zero-order valence-electron chi connectivity index (χ0n) is 13.9. The minimum atomic E-state index is -0.459. The molecule has 1 aliphatic heterocycles. The van der Waals surface area contributed by atoms with Crippen molar-refractivity contribution in [1.82, 2.24) is 20.1 Å². The Balaban J connectivity index is 1.72. The molecule has 0 aliphatic carbocycles. The number of rotatable bonds is 5. The van der Waals surface area contributed by atoms with Crippen LogP contribution in [0.4, 0.5) is 0 Å². The van der Waals surface area contributed by atoms with E-state index in [4.69, 9.17) is 16.3 Å². The number of carbonyl (C=O) groups excluding carboxylic acids is 2. The summed E-state index contributed by atoms with van der Waals surface area (Å²) in [6, 6.07) is 7.23. The molecule has 1 N–H and O–H groups in total. The Morgan fingerprint density at radius 1 is 1.32 bits per heavy atom. The average molecular weight is 363 g/mol. The van der Waals surface area contributed by atoms with Crippen LogP contribution >= 0.6 is 11.6 Å². The van der Waals surface area contributed by atoms with E-state index in [-0.39, 0.29) is 17.7 Å². The maximum Gasteiger partial charge on any atom is 0.316 e. The highest BCUT2D eigenvalue weighted by Gasteiger charge is 2.33. The van der Waals surface area contributed by atoms with Crippen molar-refractivity contribution in [2.45, 2.75) is 38.8 Å². The Kier molecular flexibility index (Phi) is 5.33. The van der Waals surface area contributed by atoms with Crippen LogP contribution < -0.4 is 5.32 Å². The third-order valence-electron chi connectivity index (χ3n) is 4.11. The minimum absolute atomic E-state index is 0.220. The molecule has 7 nitrogen and oxygen atoms in total. The standard InChI is InChI=1S/C17H19ClN4O3/c1-2-25-17(24)13-4-3-9-22-14(13)20-21-15(22)16(23)19-10-11-5-7-12(18)8-6-11/h5-8,13H,2-4,9-10H2,1H3,(H,19,23). The molecular weight excluding hydrogens is 344 g/mol. The van der Waals surface area contributed by atoms with Crippen molar-refractivity contribution in [3.63, 3.8) is 0 Å². The van der Waals surface area contributed by atoms with E-state index in [9.17, 15) is 9.59 Å². The van der Waals surface area contributed by atoms with Crippen molar-refractivity contribution in [3.8, 4) is 0 Å². The van der Waals surface area contributed by atoms with Crippen LogP contribution in [0.5, 0.6) is 0 Å². The van der Waals surface area contributed by atoms with Gasteiger partial charge in [-0.25, -0.2) is 0 Å². The first-order valence-electron chi connectivity index (χ1n) is 8.22. The van der Waals surface area contributed by atoms with Gasteiger partial charge in [0.1, 0.15) is 11.7 Å². The number of aromatic nitrogens is 3. The van der Waals surface area contributed by atoms with Crippen molar-refractivity contribution in [1.29, 1.82) is 0 Å². The van der Waals surface area contributed by atoms with Gasteiger partial charge in [0.25, 0.3) is 5.91 Å². The average Bonchev–Trinajstić information content (AvgIpc) is 3.05. The molecule has 25 heavy (non-hydrogen) atoms. The second-order valence-electron chi connectivity index (χ2n) is 5.79. The molecule has 1 amide bonds. The fraction of sp³-hybridized carbons (Fsp3) is 0.412. The summed E-state index contributed by atoms with van der Waals surface area (Å²) in [4.78, 5) is 24.5. The van der Waals surface area contributed by atoms with Crippen LogP contribution in [0.3, 0.4) is 0 Å². The first-order chi connectivity index (χ1) is 12.1. The van der Waals surface area contributed by atoms with Crippen LogP contribution in [-0.4, -0.2) is 33.2 Å². The SMILES string of the molecule is CCOC(=O)C1CCCn2c(C(=O)NCc3ccc(Cl)cc3)nnc21. The molecule has 1 aromatic carbocycles. The molecule has 8 heteroatoms. The first-order valence-corrected chi connectivity index (χ1v) is 8.60. The number of fused-ring (bicyclic) bond motifs is 1. The molecule has 0 spiro atoms. The number of hydrogen-bond donors (Lipinski definition) is 1. The van der Waals surface area contributed by atoms with Crippen LogP contribution in [0.15, 0.2) is 24.3 Å². The van der Waals surface area contributed by atoms with E-state index in [2.05, 4.69) is 15.5 Å². The molecule has 0 saturated heterocycles. The fourth-order valence-electron chi connectivity index (χ4n) is 2.87. The van der Waals surface area contributed by atoms with E-state index in [1.165, 1.54) is 0 Å². The van der Waals surface area contributed by atoms with Gasteiger partial charge in [0.05, 0.1) is 6.61 Å². The van der Waals surface area contributed by atoms with E-state index in [0.29, 0.717) is 37.0 Å². The second kappa shape index (κ2) is 7.65. The van der Waals surface area contributed by atoms with E-state index in [1.54, 1.807) is 23.6 Å². The van der Waals surface area contributed by atoms with Gasteiger partial charge in [-0.2, -0.15) is 0 Å². The molecule has 2 heterocycles. The Bertz CT molecular complexity index is 773. The maximum absolute atomic E-state index is 12.4. The summed E-state index contributed by atoms with van der Waals surface area (Å²) in [5, 5.41) is 11.5. The quantitative estimate of drug-likeness (QED) is 0.825. The van der Waals surface area contributed by atoms with Crippen molar-refractivity contribution >= 4 is 23.5 Å². The summed E-state index contributed by atoms with van der Waals surface area (Å²) >= 11 is 5.85. The smallest absolute Gasteiger partial charge is 0.316 e. The Labute approximate surface area is 150 Å². The lowest BCUT2D eigenvalue weighted by atomic mass is 9.99. The van der Waals surface area contributed by atoms with Crippen molar-refractivity contribution in [2.75, 3.05) is 6.61 Å². The summed E-state index contributed by atoms with van der Waals surface area (Å²) < 4.78 is 6.80. The van der Waals surface area contributed by atoms with Crippen molar-refractivity contribution in [2.24, 2.45) is 0 Å². The largest absolute Gasteiger partial charge is 0.465 e. The Morgan fingerprint density at radius 2 is 2.08 bits per heavy atom. The van der Waals surface area contributed by atoms with E-state index < -0.39 is 5.92 Å². The third-order valence-corrected chi connectivity index (χ3v) is 4.36. The molecule has 132 valence electrons. The highest BCUT2D eigenvalue weighted by Crippen LogP contribution is 2.27. The predicted molar refractivity (Wildman–Crippen MR) is 91.3 cm³/mol. The molecular formula is C17H19ClN4O3. The van der Waals surface area contributed by atoms with Crippen LogP contribution in [0.2, 0.25) is 5.02 Å². The Morgan fingerprint density at radius 3 is 2.80 bits per heavy atom. The lowest BCUT2D eigenvalue weighted by Gasteiger charge is -2.21. The number of ether oxygens (including phenoxy) is 1. The van der Waals surface area contributed by atoms with Crippen LogP contribution in [-0.2, 0) is 22.6 Å². The zero-order valence-corrected chi connectivity index (χ0v) is 14.6. The molecule has 3 rings (SSSR count). The summed E-state index contributed by atoms with van der Waals surface area (Å²) in [7, 11) is 0. The highest BCUT2D eigenvalue weighted by molar-refractivity contribution is 6.30. The summed E-state index contributed by atoms with van der Waals surface area (Å²) in [5.74, 6) is -0.375. The predicted octanol–water partition coefficient (Wildman–Crippen LogP) is 2.30. The lowest BCUT2D eigenvalue weighted by molar-refractivity contribution is -0.145. The van der Waals surface area contributed by atoms with Gasteiger partial charge in [0.15, 0.2) is 0 Å². The molecule has 0 radical (unpaired) electrons. The molecule has 0 fully saturated rings. The van der Waals surface area contributed by atoms with Crippen LogP contribution in [0, 0.1) is 0 Å². The van der Waals surface area contributed by atoms with E-state index in [1.807, 2.05) is 12.1 Å². The lowest BCUT2D eigenvalue weighted by Crippen LogP contribution is -2.30. The second-order valence-corrected chi connectivity index (χ2v) is 6.23. The first kappa shape index (κ1) is 17.4. The number of nitrogens with zero attached hydrogens (tertiary/aromatic N) is 3. The van der Waals surface area contributed by atoms with Crippen molar-refractivity contribution in [3.05, 3.63) is 46.5 Å². The van der Waals surface area contributed by atoms with Crippen LogP contribution in [0.1, 0.15) is 47.7 Å². The number of amides is 1. The number of benzene rings is 1. The molecule has 1 unspecified atom stereocenters. The van der Waals surface area contributed by atoms with Gasteiger partial charge in [-0.05, 0) is 37.5 Å². The molecule has 1 aliphatic rings. The molecule has 1 atom stereocenters. The van der Waals surface area contributed by atoms with Gasteiger partial charge in [0.2, 0.25) is 5.82 Å². The number of esters is 1. The summed E-state index contributed by atoms with van der Waals surface area (Å²) in [6.45, 7) is 3.06. The fourth-order valence-corrected chi connectivity index (χ4v) is 3.00. The summed E-state index contributed by atoms with van der Waals surface area (Å²) in [5.41, 5.74) is 0.931. The molecule has 1 aromatic heterocycles. The van der Waals surface area contributed by atoms with Gasteiger partial charge >= 0.3 is 5.97 Å². The topological polar surface area (TPSA) is 86.1 Å². The van der Waals surface area contributed by atoms with E-state index in [0.717, 1.165) is 12.0 Å². The highest BCUT2D eigenvalue weighted by atomic mass is 35.5. The maximum atomic E-state index is 12.4. The number of carbonyl (C=O) groups is 2. The number of nitrogens with one attached hydrogen (secondary N) is 1. The van der Waals surface area contributed by atoms with Gasteiger partial charge in [-0.15, -0.1) is 10.2 Å². The van der Waals surface area contributed by atoms with Crippen LogP contribution in [0.25, 0.3) is 0 Å². The molecule has 0 saturated carbocycles. The molecule has 0 bridgehead atoms.